The van der Waals surface area contributed by atoms with Crippen LogP contribution >= 0.6 is 0 Å². The molecule has 0 unspecified atom stereocenters. The van der Waals surface area contributed by atoms with Crippen LogP contribution in [0, 0.1) is 11.3 Å². The first-order valence-corrected chi connectivity index (χ1v) is 5.23. The van der Waals surface area contributed by atoms with Gasteiger partial charge in [0.1, 0.15) is 5.75 Å². The molecule has 0 spiro atoms. The number of ether oxygens (including phenoxy) is 1. The number of rotatable bonds is 2. The molecule has 1 aliphatic rings. The summed E-state index contributed by atoms with van der Waals surface area (Å²) in [7, 11) is 0. The molecule has 0 radical (unpaired) electrons. The van der Waals surface area contributed by atoms with Crippen LogP contribution in [0.1, 0.15) is 24.8 Å². The molecule has 90 valence electrons. The number of hydrogen-bond donors (Lipinski definition) is 0. The zero-order chi connectivity index (χ0) is 12.5. The van der Waals surface area contributed by atoms with E-state index in [-0.39, 0.29) is 5.75 Å². The molecule has 0 saturated heterocycles. The highest BCUT2D eigenvalue weighted by molar-refractivity contribution is 5.40. The number of halogens is 3. The Hall–Kier alpha value is -1.70. The molecular weight excluding hydrogens is 231 g/mol. The second-order valence-corrected chi connectivity index (χ2v) is 4.12. The van der Waals surface area contributed by atoms with Crippen LogP contribution in [-0.2, 0) is 5.41 Å². The van der Waals surface area contributed by atoms with E-state index in [0.29, 0.717) is 18.4 Å². The van der Waals surface area contributed by atoms with Gasteiger partial charge in [-0.3, -0.25) is 0 Å². The molecule has 0 aromatic heterocycles. The van der Waals surface area contributed by atoms with Crippen molar-refractivity contribution in [1.82, 2.24) is 0 Å². The van der Waals surface area contributed by atoms with Crippen LogP contribution in [0.3, 0.4) is 0 Å². The zero-order valence-electron chi connectivity index (χ0n) is 8.92. The lowest BCUT2D eigenvalue weighted by molar-refractivity contribution is -0.274. The van der Waals surface area contributed by atoms with Gasteiger partial charge in [0.05, 0.1) is 11.5 Å². The van der Waals surface area contributed by atoms with Crippen LogP contribution in [0.15, 0.2) is 24.3 Å². The summed E-state index contributed by atoms with van der Waals surface area (Å²) in [5.74, 6) is -0.267. The van der Waals surface area contributed by atoms with Crippen molar-refractivity contribution in [2.24, 2.45) is 0 Å². The Balaban J connectivity index is 2.26. The SMILES string of the molecule is N#CC1(c2cccc(OC(F)(F)F)c2)CCC1. The first-order valence-electron chi connectivity index (χ1n) is 5.23. The van der Waals surface area contributed by atoms with E-state index < -0.39 is 11.8 Å². The van der Waals surface area contributed by atoms with Gasteiger partial charge in [0, 0.05) is 0 Å². The van der Waals surface area contributed by atoms with Crippen LogP contribution in [0.4, 0.5) is 13.2 Å². The summed E-state index contributed by atoms with van der Waals surface area (Å²) >= 11 is 0. The largest absolute Gasteiger partial charge is 0.573 e. The van der Waals surface area contributed by atoms with Crippen molar-refractivity contribution in [2.75, 3.05) is 0 Å². The average molecular weight is 241 g/mol. The van der Waals surface area contributed by atoms with E-state index in [1.54, 1.807) is 6.07 Å². The lowest BCUT2D eigenvalue weighted by Crippen LogP contribution is -2.32. The van der Waals surface area contributed by atoms with Crippen LogP contribution in [0.2, 0.25) is 0 Å². The van der Waals surface area contributed by atoms with Gasteiger partial charge in [-0.25, -0.2) is 0 Å². The van der Waals surface area contributed by atoms with Gasteiger partial charge >= 0.3 is 6.36 Å². The maximum atomic E-state index is 12.1. The van der Waals surface area contributed by atoms with Crippen LogP contribution in [0.5, 0.6) is 5.75 Å². The Morgan fingerprint density at radius 1 is 1.29 bits per heavy atom. The quantitative estimate of drug-likeness (QED) is 0.793. The summed E-state index contributed by atoms with van der Waals surface area (Å²) in [6.07, 6.45) is -2.38. The highest BCUT2D eigenvalue weighted by atomic mass is 19.4. The third-order valence-electron chi connectivity index (χ3n) is 3.04. The van der Waals surface area contributed by atoms with Gasteiger partial charge < -0.3 is 4.74 Å². The Kier molecular flexibility index (Phi) is 2.74. The molecule has 17 heavy (non-hydrogen) atoms. The van der Waals surface area contributed by atoms with E-state index in [2.05, 4.69) is 10.8 Å². The van der Waals surface area contributed by atoms with Gasteiger partial charge in [0.2, 0.25) is 0 Å². The van der Waals surface area contributed by atoms with Crippen LogP contribution < -0.4 is 4.74 Å². The minimum atomic E-state index is -4.70. The molecule has 0 amide bonds. The maximum Gasteiger partial charge on any atom is 0.573 e. The number of hydrogen-bond acceptors (Lipinski definition) is 2. The van der Waals surface area contributed by atoms with E-state index in [1.165, 1.54) is 18.2 Å². The molecule has 0 aliphatic heterocycles. The minimum Gasteiger partial charge on any atom is -0.406 e. The highest BCUT2D eigenvalue weighted by Gasteiger charge is 2.39. The Labute approximate surface area is 96.6 Å². The van der Waals surface area contributed by atoms with Crippen LogP contribution in [-0.4, -0.2) is 6.36 Å². The molecule has 0 heterocycles. The summed E-state index contributed by atoms with van der Waals surface area (Å²) in [4.78, 5) is 0. The molecule has 0 atom stereocenters. The van der Waals surface area contributed by atoms with Gasteiger partial charge in [-0.2, -0.15) is 5.26 Å². The molecule has 1 aliphatic carbocycles. The van der Waals surface area contributed by atoms with E-state index in [4.69, 9.17) is 5.26 Å². The van der Waals surface area contributed by atoms with E-state index in [0.717, 1.165) is 6.42 Å². The van der Waals surface area contributed by atoms with Gasteiger partial charge in [0.15, 0.2) is 0 Å². The van der Waals surface area contributed by atoms with Gasteiger partial charge in [-0.15, -0.1) is 13.2 Å². The van der Waals surface area contributed by atoms with Gasteiger partial charge in [0.25, 0.3) is 0 Å². The predicted molar refractivity (Wildman–Crippen MR) is 54.3 cm³/mol. The summed E-state index contributed by atoms with van der Waals surface area (Å²) in [6.45, 7) is 0. The first kappa shape index (κ1) is 11.8. The third-order valence-corrected chi connectivity index (χ3v) is 3.04. The number of alkyl halides is 3. The van der Waals surface area contributed by atoms with Crippen molar-refractivity contribution in [3.05, 3.63) is 29.8 Å². The number of nitrogens with zero attached hydrogens (tertiary/aromatic N) is 1. The highest BCUT2D eigenvalue weighted by Crippen LogP contribution is 2.44. The lowest BCUT2D eigenvalue weighted by atomic mass is 9.65. The minimum absolute atomic E-state index is 0.267. The second-order valence-electron chi connectivity index (χ2n) is 4.12. The summed E-state index contributed by atoms with van der Waals surface area (Å²) in [5.41, 5.74) is -0.0154. The first-order chi connectivity index (χ1) is 7.95. The average Bonchev–Trinajstić information content (AvgIpc) is 2.14. The number of benzene rings is 1. The van der Waals surface area contributed by atoms with E-state index >= 15 is 0 Å². The topological polar surface area (TPSA) is 33.0 Å². The van der Waals surface area contributed by atoms with Crippen molar-refractivity contribution >= 4 is 0 Å². The van der Waals surface area contributed by atoms with Crippen molar-refractivity contribution in [3.63, 3.8) is 0 Å². The normalized spacial score (nSPS) is 18.0. The van der Waals surface area contributed by atoms with Crippen molar-refractivity contribution < 1.29 is 17.9 Å². The number of nitriles is 1. The summed E-state index contributed by atoms with van der Waals surface area (Å²) < 4.78 is 40.0. The third kappa shape index (κ3) is 2.36. The summed E-state index contributed by atoms with van der Waals surface area (Å²) in [6, 6.07) is 7.87. The Morgan fingerprint density at radius 3 is 2.47 bits per heavy atom. The van der Waals surface area contributed by atoms with Crippen molar-refractivity contribution in [1.29, 1.82) is 5.26 Å². The van der Waals surface area contributed by atoms with Gasteiger partial charge in [-0.1, -0.05) is 12.1 Å². The lowest BCUT2D eigenvalue weighted by Gasteiger charge is -2.35. The van der Waals surface area contributed by atoms with E-state index in [1.807, 2.05) is 0 Å². The zero-order valence-corrected chi connectivity index (χ0v) is 8.92. The second kappa shape index (κ2) is 3.95. The van der Waals surface area contributed by atoms with Gasteiger partial charge in [-0.05, 0) is 37.0 Å². The predicted octanol–water partition coefficient (Wildman–Crippen LogP) is 3.53. The molecule has 0 N–H and O–H groups in total. The van der Waals surface area contributed by atoms with Crippen LogP contribution in [0.25, 0.3) is 0 Å². The molecule has 1 saturated carbocycles. The molecular formula is C12H10F3NO. The maximum absolute atomic E-state index is 12.1. The fourth-order valence-electron chi connectivity index (χ4n) is 1.99. The van der Waals surface area contributed by atoms with Crippen molar-refractivity contribution in [3.8, 4) is 11.8 Å². The monoisotopic (exact) mass is 241 g/mol. The smallest absolute Gasteiger partial charge is 0.406 e. The Morgan fingerprint density at radius 2 is 2.00 bits per heavy atom. The summed E-state index contributed by atoms with van der Waals surface area (Å²) in [5, 5.41) is 9.10. The molecule has 0 bridgehead atoms. The molecule has 2 nitrogen and oxygen atoms in total. The standard InChI is InChI=1S/C12H10F3NO/c13-12(14,15)17-10-4-1-3-9(7-10)11(8-16)5-2-6-11/h1,3-4,7H,2,5-6H2. The fourth-order valence-corrected chi connectivity index (χ4v) is 1.99. The molecule has 5 heteroatoms. The van der Waals surface area contributed by atoms with E-state index in [9.17, 15) is 13.2 Å². The molecule has 1 aromatic rings. The van der Waals surface area contributed by atoms with Crippen molar-refractivity contribution in [2.45, 2.75) is 31.0 Å². The molecule has 2 rings (SSSR count). The molecule has 1 aromatic carbocycles. The molecule has 1 fully saturated rings. The Bertz CT molecular complexity index is 458. The fraction of sp³-hybridized carbons (Fsp3) is 0.417.